The molecular weight excluding hydrogens is 397 g/mol. The number of fused-ring (bicyclic) bond motifs is 1. The number of alkyl halides is 3. The topological polar surface area (TPSA) is 77.8 Å². The van der Waals surface area contributed by atoms with E-state index < -0.39 is 12.0 Å². The molecule has 0 aliphatic rings. The van der Waals surface area contributed by atoms with Crippen molar-refractivity contribution >= 4 is 22.7 Å². The van der Waals surface area contributed by atoms with E-state index in [4.69, 9.17) is 4.74 Å². The summed E-state index contributed by atoms with van der Waals surface area (Å²) in [5, 5.41) is 10.9. The Morgan fingerprint density at radius 3 is 2.53 bits per heavy atom. The van der Waals surface area contributed by atoms with Gasteiger partial charge in [0.1, 0.15) is 5.75 Å². The normalized spacial score (nSPS) is 11.6. The molecule has 0 bridgehead atoms. The van der Waals surface area contributed by atoms with Crippen molar-refractivity contribution in [1.29, 1.82) is 0 Å². The summed E-state index contributed by atoms with van der Waals surface area (Å²) in [5.74, 6) is -0.922. The molecule has 2 heterocycles. The van der Waals surface area contributed by atoms with Crippen LogP contribution in [0.4, 0.5) is 24.7 Å². The molecule has 2 aromatic carbocycles. The lowest BCUT2D eigenvalue weighted by molar-refractivity contribution is -0.144. The van der Waals surface area contributed by atoms with Crippen LogP contribution in [0.15, 0.2) is 48.5 Å². The predicted octanol–water partition coefficient (Wildman–Crippen LogP) is 4.35. The molecule has 7 nitrogen and oxygen atoms in total. The molecule has 0 aliphatic carbocycles. The van der Waals surface area contributed by atoms with Crippen LogP contribution < -0.4 is 10.1 Å². The van der Waals surface area contributed by atoms with Gasteiger partial charge >= 0.3 is 6.18 Å². The van der Waals surface area contributed by atoms with Crippen LogP contribution >= 0.6 is 0 Å². The van der Waals surface area contributed by atoms with Crippen LogP contribution in [0, 0.1) is 6.92 Å². The van der Waals surface area contributed by atoms with E-state index in [1.165, 1.54) is 11.8 Å². The molecule has 0 aliphatic heterocycles. The molecule has 0 atom stereocenters. The summed E-state index contributed by atoms with van der Waals surface area (Å²) in [6, 6.07) is 14.5. The average molecular weight is 414 g/mol. The van der Waals surface area contributed by atoms with Gasteiger partial charge in [0.15, 0.2) is 17.0 Å². The van der Waals surface area contributed by atoms with Gasteiger partial charge in [-0.25, -0.2) is 14.6 Å². The third-order valence-electron chi connectivity index (χ3n) is 4.40. The van der Waals surface area contributed by atoms with Gasteiger partial charge < -0.3 is 10.1 Å². The van der Waals surface area contributed by atoms with Crippen molar-refractivity contribution in [2.75, 3.05) is 12.4 Å². The third-order valence-corrected chi connectivity index (χ3v) is 4.40. The highest BCUT2D eigenvalue weighted by Crippen LogP contribution is 2.33. The number of rotatable bonds is 5. The smallest absolute Gasteiger partial charge is 0.451 e. The van der Waals surface area contributed by atoms with Gasteiger partial charge in [0, 0.05) is 0 Å². The Morgan fingerprint density at radius 1 is 1.07 bits per heavy atom. The first-order valence-electron chi connectivity index (χ1n) is 8.99. The van der Waals surface area contributed by atoms with Crippen LogP contribution in [0.1, 0.15) is 17.0 Å². The predicted molar refractivity (Wildman–Crippen MR) is 105 cm³/mol. The van der Waals surface area contributed by atoms with E-state index in [1.807, 2.05) is 43.3 Å². The Balaban J connectivity index is 1.84. The fraction of sp³-hybridized carbons (Fsp3) is 0.200. The Morgan fingerprint density at radius 2 is 1.83 bits per heavy atom. The van der Waals surface area contributed by atoms with Crippen molar-refractivity contribution in [3.63, 3.8) is 0 Å². The summed E-state index contributed by atoms with van der Waals surface area (Å²) < 4.78 is 47.1. The van der Waals surface area contributed by atoms with Gasteiger partial charge in [-0.05, 0) is 30.2 Å². The second kappa shape index (κ2) is 7.62. The molecule has 10 heteroatoms. The first-order valence-corrected chi connectivity index (χ1v) is 8.99. The number of benzene rings is 2. The van der Waals surface area contributed by atoms with Crippen molar-refractivity contribution in [3.8, 4) is 5.75 Å². The van der Waals surface area contributed by atoms with Crippen LogP contribution in [0.3, 0.4) is 0 Å². The molecule has 0 spiro atoms. The monoisotopic (exact) mass is 414 g/mol. The molecule has 0 saturated heterocycles. The highest BCUT2D eigenvalue weighted by atomic mass is 19.4. The second-order valence-electron chi connectivity index (χ2n) is 6.63. The van der Waals surface area contributed by atoms with E-state index in [1.54, 1.807) is 12.1 Å². The van der Waals surface area contributed by atoms with Gasteiger partial charge in [0.25, 0.3) is 0 Å². The van der Waals surface area contributed by atoms with Crippen molar-refractivity contribution < 1.29 is 17.9 Å². The van der Waals surface area contributed by atoms with E-state index in [-0.39, 0.29) is 23.5 Å². The largest absolute Gasteiger partial charge is 0.495 e. The molecule has 4 rings (SSSR count). The Kier molecular flexibility index (Phi) is 4.98. The summed E-state index contributed by atoms with van der Waals surface area (Å²) in [7, 11) is 1.47. The quantitative estimate of drug-likeness (QED) is 0.523. The van der Waals surface area contributed by atoms with Gasteiger partial charge in [-0.1, -0.05) is 41.6 Å². The van der Waals surface area contributed by atoms with Crippen molar-refractivity contribution in [2.45, 2.75) is 19.6 Å². The van der Waals surface area contributed by atoms with Crippen molar-refractivity contribution in [1.82, 2.24) is 25.0 Å². The van der Waals surface area contributed by atoms with Gasteiger partial charge in [-0.15, -0.1) is 5.10 Å². The number of nitrogens with zero attached hydrogens (tertiary/aromatic N) is 5. The lowest BCUT2D eigenvalue weighted by Crippen LogP contribution is -2.14. The number of halogens is 3. The Hall–Kier alpha value is -3.69. The molecule has 4 aromatic rings. The van der Waals surface area contributed by atoms with E-state index in [0.29, 0.717) is 11.4 Å². The molecule has 0 saturated carbocycles. The lowest BCUT2D eigenvalue weighted by Gasteiger charge is -2.13. The summed E-state index contributed by atoms with van der Waals surface area (Å²) >= 11 is 0. The van der Waals surface area contributed by atoms with E-state index >= 15 is 0 Å². The number of methoxy groups -OCH3 is 1. The maximum absolute atomic E-state index is 13.5. The van der Waals surface area contributed by atoms with Crippen molar-refractivity contribution in [2.24, 2.45) is 0 Å². The summed E-state index contributed by atoms with van der Waals surface area (Å²) in [6.45, 7) is 2.08. The molecule has 0 amide bonds. The van der Waals surface area contributed by atoms with Crippen molar-refractivity contribution in [3.05, 3.63) is 65.5 Å². The minimum Gasteiger partial charge on any atom is -0.495 e. The molecule has 154 valence electrons. The van der Waals surface area contributed by atoms with Gasteiger partial charge in [0.2, 0.25) is 5.82 Å². The van der Waals surface area contributed by atoms with Crippen LogP contribution in [-0.2, 0) is 12.7 Å². The molecule has 1 N–H and O–H groups in total. The number of anilines is 2. The minimum absolute atomic E-state index is 0.0182. The lowest BCUT2D eigenvalue weighted by atomic mass is 10.2. The number of nitrogens with one attached hydrogen (secondary N) is 1. The minimum atomic E-state index is -4.73. The zero-order chi connectivity index (χ0) is 21.3. The fourth-order valence-electron chi connectivity index (χ4n) is 2.98. The number of aromatic nitrogens is 5. The first-order chi connectivity index (χ1) is 14.3. The Labute approximate surface area is 169 Å². The second-order valence-corrected chi connectivity index (χ2v) is 6.63. The van der Waals surface area contributed by atoms with Gasteiger partial charge in [-0.2, -0.15) is 13.2 Å². The molecular formula is C20H17F3N6O. The summed E-state index contributed by atoms with van der Waals surface area (Å²) in [5.41, 5.74) is 2.32. The average Bonchev–Trinajstić information content (AvgIpc) is 3.11. The highest BCUT2D eigenvalue weighted by molar-refractivity contribution is 5.85. The van der Waals surface area contributed by atoms with E-state index in [9.17, 15) is 13.2 Å². The fourth-order valence-corrected chi connectivity index (χ4v) is 2.98. The number of hydrogen-bond donors (Lipinski definition) is 1. The Bertz CT molecular complexity index is 1190. The maximum atomic E-state index is 13.5. The molecule has 30 heavy (non-hydrogen) atoms. The first kappa shape index (κ1) is 19.6. The zero-order valence-corrected chi connectivity index (χ0v) is 16.1. The molecule has 0 radical (unpaired) electrons. The van der Waals surface area contributed by atoms with E-state index in [0.717, 1.165) is 11.1 Å². The number of aryl methyl sites for hydroxylation is 1. The number of ether oxygens (including phenoxy) is 1. The third kappa shape index (κ3) is 3.88. The van der Waals surface area contributed by atoms with E-state index in [2.05, 4.69) is 25.6 Å². The summed E-state index contributed by atoms with van der Waals surface area (Å²) in [4.78, 5) is 7.37. The van der Waals surface area contributed by atoms with Crippen LogP contribution in [-0.4, -0.2) is 32.1 Å². The van der Waals surface area contributed by atoms with Gasteiger partial charge in [0.05, 0.1) is 19.3 Å². The van der Waals surface area contributed by atoms with Crippen LogP contribution in [0.2, 0.25) is 0 Å². The van der Waals surface area contributed by atoms with Gasteiger partial charge in [-0.3, -0.25) is 0 Å². The molecule has 2 aromatic heterocycles. The highest BCUT2D eigenvalue weighted by Gasteiger charge is 2.36. The standard InChI is InChI=1S/C20H17F3N6O/c1-12-8-9-15(30-2)14(10-12)24-17-16-18(26-19(25-17)20(21,22)23)29(28-27-16)11-13-6-4-3-5-7-13/h3-10H,11H2,1-2H3,(H,24,25,26). The summed E-state index contributed by atoms with van der Waals surface area (Å²) in [6.07, 6.45) is -4.73. The van der Waals surface area contributed by atoms with Crippen LogP contribution in [0.25, 0.3) is 11.2 Å². The maximum Gasteiger partial charge on any atom is 0.451 e. The molecule has 0 fully saturated rings. The number of hydrogen-bond acceptors (Lipinski definition) is 6. The zero-order valence-electron chi connectivity index (χ0n) is 16.1. The molecule has 0 unspecified atom stereocenters. The SMILES string of the molecule is COc1ccc(C)cc1Nc1nc(C(F)(F)F)nc2c1nnn2Cc1ccccc1. The van der Waals surface area contributed by atoms with Crippen LogP contribution in [0.5, 0.6) is 5.75 Å².